The number of oxazole rings is 1. The molecule has 0 fully saturated rings. The van der Waals surface area contributed by atoms with Crippen LogP contribution in [-0.4, -0.2) is 23.3 Å². The van der Waals surface area contributed by atoms with Crippen molar-refractivity contribution in [2.24, 2.45) is 0 Å². The van der Waals surface area contributed by atoms with E-state index in [0.717, 1.165) is 6.07 Å². The zero-order valence-corrected chi connectivity index (χ0v) is 15.3. The molecule has 2 amide bonds. The van der Waals surface area contributed by atoms with Crippen molar-refractivity contribution in [2.45, 2.75) is 12.8 Å². The maximum Gasteiger partial charge on any atom is 0.243 e. The molecule has 0 spiro atoms. The number of aromatic nitrogens is 1. The summed E-state index contributed by atoms with van der Waals surface area (Å²) in [6, 6.07) is 7.52. The number of benzene rings is 2. The normalized spacial score (nSPS) is 10.7. The average molecular weight is 421 g/mol. The van der Waals surface area contributed by atoms with E-state index in [4.69, 9.17) is 4.42 Å². The van der Waals surface area contributed by atoms with Gasteiger partial charge in [-0.05, 0) is 24.3 Å². The minimum atomic E-state index is -1.71. The van der Waals surface area contributed by atoms with Crippen LogP contribution in [0.1, 0.15) is 12.3 Å². The quantitative estimate of drug-likeness (QED) is 0.451. The van der Waals surface area contributed by atoms with Crippen LogP contribution in [-0.2, 0) is 16.0 Å². The molecular formula is C20H15F4N3O3. The molecule has 10 heteroatoms. The Kier molecular flexibility index (Phi) is 6.45. The van der Waals surface area contributed by atoms with Gasteiger partial charge in [0, 0.05) is 12.8 Å². The fourth-order valence-electron chi connectivity index (χ4n) is 2.52. The van der Waals surface area contributed by atoms with Crippen molar-refractivity contribution in [3.05, 3.63) is 71.8 Å². The van der Waals surface area contributed by atoms with Crippen molar-refractivity contribution in [2.75, 3.05) is 11.9 Å². The summed E-state index contributed by atoms with van der Waals surface area (Å²) < 4.78 is 58.7. The molecule has 156 valence electrons. The zero-order chi connectivity index (χ0) is 21.7. The number of halogens is 4. The average Bonchev–Trinajstić information content (AvgIpc) is 3.20. The second-order valence-corrected chi connectivity index (χ2v) is 6.15. The topological polar surface area (TPSA) is 84.2 Å². The Hall–Kier alpha value is -3.69. The van der Waals surface area contributed by atoms with Crippen molar-refractivity contribution < 1.29 is 31.6 Å². The lowest BCUT2D eigenvalue weighted by atomic mass is 10.2. The van der Waals surface area contributed by atoms with E-state index >= 15 is 0 Å². The molecule has 0 aliphatic rings. The minimum absolute atomic E-state index is 0.0793. The summed E-state index contributed by atoms with van der Waals surface area (Å²) >= 11 is 0. The van der Waals surface area contributed by atoms with Crippen molar-refractivity contribution in [1.82, 2.24) is 10.3 Å². The highest BCUT2D eigenvalue weighted by molar-refractivity contribution is 5.94. The number of aryl methyl sites for hydroxylation is 1. The maximum absolute atomic E-state index is 13.7. The Labute approximate surface area is 167 Å². The Morgan fingerprint density at radius 1 is 0.933 bits per heavy atom. The number of hydrogen-bond acceptors (Lipinski definition) is 4. The van der Waals surface area contributed by atoms with Crippen LogP contribution < -0.4 is 10.6 Å². The molecule has 0 radical (unpaired) electrons. The Balaban J connectivity index is 1.47. The SMILES string of the molecule is O=C(CCc1ncc(-c2ccccc2F)o1)NCC(=O)Nc1ccc(F)c(F)c1F. The van der Waals surface area contributed by atoms with Gasteiger partial charge in [-0.15, -0.1) is 0 Å². The highest BCUT2D eigenvalue weighted by atomic mass is 19.2. The van der Waals surface area contributed by atoms with Crippen molar-refractivity contribution >= 4 is 17.5 Å². The lowest BCUT2D eigenvalue weighted by Crippen LogP contribution is -2.33. The third-order valence-corrected chi connectivity index (χ3v) is 4.01. The van der Waals surface area contributed by atoms with E-state index in [2.05, 4.69) is 10.3 Å². The van der Waals surface area contributed by atoms with Gasteiger partial charge in [-0.1, -0.05) is 12.1 Å². The van der Waals surface area contributed by atoms with Crippen LogP contribution in [0, 0.1) is 23.3 Å². The minimum Gasteiger partial charge on any atom is -0.441 e. The first-order valence-electron chi connectivity index (χ1n) is 8.75. The van der Waals surface area contributed by atoms with Crippen LogP contribution in [0.25, 0.3) is 11.3 Å². The van der Waals surface area contributed by atoms with Crippen LogP contribution >= 0.6 is 0 Å². The van der Waals surface area contributed by atoms with Crippen LogP contribution in [0.4, 0.5) is 23.2 Å². The predicted molar refractivity (Wildman–Crippen MR) is 98.2 cm³/mol. The number of hydrogen-bond donors (Lipinski definition) is 2. The number of carbonyl (C=O) groups is 2. The molecule has 0 aliphatic carbocycles. The fourth-order valence-corrected chi connectivity index (χ4v) is 2.52. The maximum atomic E-state index is 13.7. The van der Waals surface area contributed by atoms with Gasteiger partial charge >= 0.3 is 0 Å². The molecule has 0 unspecified atom stereocenters. The molecule has 1 heterocycles. The summed E-state index contributed by atoms with van der Waals surface area (Å²) in [5.41, 5.74) is -0.310. The van der Waals surface area contributed by atoms with Crippen LogP contribution in [0.3, 0.4) is 0 Å². The van der Waals surface area contributed by atoms with E-state index in [9.17, 15) is 27.2 Å². The number of nitrogens with one attached hydrogen (secondary N) is 2. The largest absolute Gasteiger partial charge is 0.441 e. The molecule has 0 saturated heterocycles. The van der Waals surface area contributed by atoms with E-state index in [-0.39, 0.29) is 30.1 Å². The van der Waals surface area contributed by atoms with Gasteiger partial charge in [-0.25, -0.2) is 22.5 Å². The predicted octanol–water partition coefficient (Wildman–Crippen LogP) is 3.59. The number of rotatable bonds is 7. The van der Waals surface area contributed by atoms with Gasteiger partial charge < -0.3 is 15.1 Å². The van der Waals surface area contributed by atoms with E-state index in [1.165, 1.54) is 24.4 Å². The Bertz CT molecular complexity index is 1080. The summed E-state index contributed by atoms with van der Waals surface area (Å²) in [6.45, 7) is -0.511. The number of nitrogens with zero attached hydrogens (tertiary/aromatic N) is 1. The standard InChI is InChI=1S/C20H15F4N3O3/c21-12-4-2-1-3-11(12)15-9-26-18(30-15)8-7-16(28)25-10-17(29)27-14-6-5-13(22)19(23)20(14)24/h1-6,9H,7-8,10H2,(H,25,28)(H,27,29). The second kappa shape index (κ2) is 9.21. The number of amides is 2. The van der Waals surface area contributed by atoms with Crippen molar-refractivity contribution in [1.29, 1.82) is 0 Å². The Morgan fingerprint density at radius 2 is 1.70 bits per heavy atom. The van der Waals surface area contributed by atoms with Gasteiger partial charge in [0.15, 0.2) is 29.1 Å². The molecule has 3 aromatic rings. The van der Waals surface area contributed by atoms with Crippen LogP contribution in [0.5, 0.6) is 0 Å². The van der Waals surface area contributed by atoms with E-state index in [1.807, 2.05) is 5.32 Å². The van der Waals surface area contributed by atoms with Crippen LogP contribution in [0.15, 0.2) is 47.0 Å². The first-order chi connectivity index (χ1) is 14.3. The molecule has 0 saturated carbocycles. The highest BCUT2D eigenvalue weighted by Gasteiger charge is 2.16. The van der Waals surface area contributed by atoms with Gasteiger partial charge in [0.05, 0.1) is 24.0 Å². The van der Waals surface area contributed by atoms with E-state index in [1.54, 1.807) is 6.07 Å². The Morgan fingerprint density at radius 3 is 2.47 bits per heavy atom. The highest BCUT2D eigenvalue weighted by Crippen LogP contribution is 2.23. The second-order valence-electron chi connectivity index (χ2n) is 6.15. The summed E-state index contributed by atoms with van der Waals surface area (Å²) in [6.07, 6.45) is 1.36. The summed E-state index contributed by atoms with van der Waals surface area (Å²) in [7, 11) is 0. The lowest BCUT2D eigenvalue weighted by Gasteiger charge is -2.08. The molecule has 0 bridgehead atoms. The van der Waals surface area contributed by atoms with Gasteiger partial charge in [0.2, 0.25) is 11.8 Å². The first-order valence-corrected chi connectivity index (χ1v) is 8.75. The molecule has 1 aromatic heterocycles. The van der Waals surface area contributed by atoms with Crippen molar-refractivity contribution in [3.63, 3.8) is 0 Å². The summed E-state index contributed by atoms with van der Waals surface area (Å²) in [5.74, 6) is -6.03. The number of anilines is 1. The smallest absolute Gasteiger partial charge is 0.243 e. The zero-order valence-electron chi connectivity index (χ0n) is 15.3. The monoisotopic (exact) mass is 421 g/mol. The molecule has 30 heavy (non-hydrogen) atoms. The molecule has 2 aromatic carbocycles. The molecular weight excluding hydrogens is 406 g/mol. The molecule has 2 N–H and O–H groups in total. The van der Waals surface area contributed by atoms with Crippen LogP contribution in [0.2, 0.25) is 0 Å². The van der Waals surface area contributed by atoms with E-state index in [0.29, 0.717) is 6.07 Å². The lowest BCUT2D eigenvalue weighted by molar-refractivity contribution is -0.124. The van der Waals surface area contributed by atoms with Gasteiger partial charge in [-0.2, -0.15) is 0 Å². The molecule has 0 atom stereocenters. The van der Waals surface area contributed by atoms with E-state index < -0.39 is 47.3 Å². The fraction of sp³-hybridized carbons (Fsp3) is 0.150. The molecule has 3 rings (SSSR count). The third-order valence-electron chi connectivity index (χ3n) is 4.01. The van der Waals surface area contributed by atoms with Gasteiger partial charge in [0.25, 0.3) is 0 Å². The number of carbonyl (C=O) groups excluding carboxylic acids is 2. The molecule has 6 nitrogen and oxygen atoms in total. The van der Waals surface area contributed by atoms with Gasteiger partial charge in [-0.3, -0.25) is 9.59 Å². The summed E-state index contributed by atoms with van der Waals surface area (Å²) in [4.78, 5) is 27.6. The molecule has 0 aliphatic heterocycles. The third kappa shape index (κ3) is 5.02. The summed E-state index contributed by atoms with van der Waals surface area (Å²) in [5, 5.41) is 4.33. The van der Waals surface area contributed by atoms with Crippen molar-refractivity contribution in [3.8, 4) is 11.3 Å². The first kappa shape index (κ1) is 21.0. The van der Waals surface area contributed by atoms with Gasteiger partial charge in [0.1, 0.15) is 5.82 Å².